The molecule has 8 nitrogen and oxygen atoms in total. The molecule has 1 heterocycles. The van der Waals surface area contributed by atoms with Crippen LogP contribution in [0.3, 0.4) is 0 Å². The molecule has 1 aliphatic heterocycles. The molecule has 0 aromatic rings. The quantitative estimate of drug-likeness (QED) is 0.297. The van der Waals surface area contributed by atoms with Gasteiger partial charge in [0.25, 0.3) is 0 Å². The lowest BCUT2D eigenvalue weighted by molar-refractivity contribution is -0.148. The van der Waals surface area contributed by atoms with Crippen LogP contribution in [0.25, 0.3) is 0 Å². The van der Waals surface area contributed by atoms with Crippen LogP contribution in [0.15, 0.2) is 47.1 Å². The second-order valence-electron chi connectivity index (χ2n) is 7.40. The molecule has 1 fully saturated rings. The summed E-state index contributed by atoms with van der Waals surface area (Å²) in [6.07, 6.45) is 3.04. The summed E-state index contributed by atoms with van der Waals surface area (Å²) in [5.41, 5.74) is 1.61. The Kier molecular flexibility index (Phi) is 8.14. The Morgan fingerprint density at radius 1 is 1.30 bits per heavy atom. The molecule has 0 aromatic carbocycles. The summed E-state index contributed by atoms with van der Waals surface area (Å²) in [5, 5.41) is 18.8. The van der Waals surface area contributed by atoms with E-state index in [2.05, 4.69) is 6.58 Å². The van der Waals surface area contributed by atoms with Crippen LogP contribution in [0.1, 0.15) is 33.6 Å². The van der Waals surface area contributed by atoms with Gasteiger partial charge in [0.1, 0.15) is 18.3 Å². The van der Waals surface area contributed by atoms with Crippen molar-refractivity contribution in [2.24, 2.45) is 5.92 Å². The fraction of sp³-hybridized carbons (Fsp3) is 0.500. The lowest BCUT2D eigenvalue weighted by Crippen LogP contribution is -2.34. The lowest BCUT2D eigenvalue weighted by Gasteiger charge is -2.29. The summed E-state index contributed by atoms with van der Waals surface area (Å²) in [7, 11) is 0. The van der Waals surface area contributed by atoms with Gasteiger partial charge in [0.2, 0.25) is 0 Å². The second kappa shape index (κ2) is 10.4. The fourth-order valence-corrected chi connectivity index (χ4v) is 3.51. The van der Waals surface area contributed by atoms with Gasteiger partial charge in [-0.25, -0.2) is 9.59 Å². The first-order valence-corrected chi connectivity index (χ1v) is 9.70. The van der Waals surface area contributed by atoms with E-state index < -0.39 is 42.1 Å². The first kappa shape index (κ1) is 23.6. The monoisotopic (exact) mass is 420 g/mol. The standard InChI is InChI=1S/C22H28O8/c1-12(7-8-23)21(26)29-19-10-16(11-24)5-6-17(28-15(4)25)13(2)9-18-20(19)14(3)22(27)30-18/h5,7,9,17-20,23-24H,3,6,8,10-11H2,1-2,4H3/b12-7+,13-9+,16-5+/t17-,18-,19-,20+/m1/s1. The third-order valence-corrected chi connectivity index (χ3v) is 5.17. The van der Waals surface area contributed by atoms with Gasteiger partial charge in [-0.15, -0.1) is 0 Å². The second-order valence-corrected chi connectivity index (χ2v) is 7.40. The van der Waals surface area contributed by atoms with Gasteiger partial charge in [0.15, 0.2) is 0 Å². The molecule has 0 unspecified atom stereocenters. The zero-order valence-corrected chi connectivity index (χ0v) is 17.4. The van der Waals surface area contributed by atoms with Crippen molar-refractivity contribution in [1.82, 2.24) is 0 Å². The minimum absolute atomic E-state index is 0.144. The maximum Gasteiger partial charge on any atom is 0.334 e. The number of carbonyl (C=O) groups excluding carboxylic acids is 3. The first-order valence-electron chi connectivity index (χ1n) is 9.70. The van der Waals surface area contributed by atoms with Crippen molar-refractivity contribution >= 4 is 17.9 Å². The van der Waals surface area contributed by atoms with Crippen LogP contribution in [0.2, 0.25) is 0 Å². The van der Waals surface area contributed by atoms with Crippen molar-refractivity contribution in [3.8, 4) is 0 Å². The minimum Gasteiger partial charge on any atom is -0.458 e. The van der Waals surface area contributed by atoms with Crippen LogP contribution in [0, 0.1) is 5.92 Å². The van der Waals surface area contributed by atoms with Crippen LogP contribution in [0.4, 0.5) is 0 Å². The molecule has 0 radical (unpaired) electrons. The molecule has 8 heteroatoms. The summed E-state index contributed by atoms with van der Waals surface area (Å²) >= 11 is 0. The van der Waals surface area contributed by atoms with Gasteiger partial charge in [0, 0.05) is 30.9 Å². The molecular formula is C22H28O8. The van der Waals surface area contributed by atoms with E-state index in [9.17, 15) is 19.5 Å². The van der Waals surface area contributed by atoms with Crippen LogP contribution in [-0.4, -0.2) is 59.6 Å². The summed E-state index contributed by atoms with van der Waals surface area (Å²) in [4.78, 5) is 36.2. The highest BCUT2D eigenvalue weighted by molar-refractivity contribution is 5.92. The van der Waals surface area contributed by atoms with Crippen molar-refractivity contribution in [1.29, 1.82) is 0 Å². The fourth-order valence-electron chi connectivity index (χ4n) is 3.51. The number of hydrogen-bond acceptors (Lipinski definition) is 8. The molecule has 2 rings (SSSR count). The SMILES string of the molecule is C=C1C(=O)O[C@@H]2/C=C(\C)[C@H](OC(C)=O)C/C=C(/CO)C[C@@H](OC(=O)/C(C)=C/CO)[C@@H]12. The summed E-state index contributed by atoms with van der Waals surface area (Å²) in [5.74, 6) is -2.38. The highest BCUT2D eigenvalue weighted by atomic mass is 16.6. The van der Waals surface area contributed by atoms with Gasteiger partial charge in [-0.05, 0) is 37.1 Å². The molecule has 0 amide bonds. The third-order valence-electron chi connectivity index (χ3n) is 5.17. The van der Waals surface area contributed by atoms with Crippen molar-refractivity contribution in [3.63, 3.8) is 0 Å². The molecule has 0 aromatic heterocycles. The molecular weight excluding hydrogens is 392 g/mol. The van der Waals surface area contributed by atoms with Crippen molar-refractivity contribution in [2.75, 3.05) is 13.2 Å². The Morgan fingerprint density at radius 3 is 2.60 bits per heavy atom. The molecule has 30 heavy (non-hydrogen) atoms. The highest BCUT2D eigenvalue weighted by Gasteiger charge is 2.45. The summed E-state index contributed by atoms with van der Waals surface area (Å²) in [6, 6.07) is 0. The maximum atomic E-state index is 12.5. The van der Waals surface area contributed by atoms with Crippen LogP contribution in [0.5, 0.6) is 0 Å². The summed E-state index contributed by atoms with van der Waals surface area (Å²) in [6.45, 7) is 7.77. The number of ether oxygens (including phenoxy) is 3. The van der Waals surface area contributed by atoms with Crippen LogP contribution in [-0.2, 0) is 28.6 Å². The maximum absolute atomic E-state index is 12.5. The third kappa shape index (κ3) is 5.67. The first-order chi connectivity index (χ1) is 14.2. The van der Waals surface area contributed by atoms with Crippen LogP contribution < -0.4 is 0 Å². The van der Waals surface area contributed by atoms with Crippen LogP contribution >= 0.6 is 0 Å². The van der Waals surface area contributed by atoms with Gasteiger partial charge in [-0.2, -0.15) is 0 Å². The molecule has 1 saturated heterocycles. The van der Waals surface area contributed by atoms with E-state index >= 15 is 0 Å². The number of esters is 3. The van der Waals surface area contributed by atoms with E-state index in [1.165, 1.54) is 19.9 Å². The lowest BCUT2D eigenvalue weighted by atomic mass is 9.85. The van der Waals surface area contributed by atoms with Gasteiger partial charge >= 0.3 is 17.9 Å². The van der Waals surface area contributed by atoms with Crippen molar-refractivity contribution < 1.29 is 38.8 Å². The number of aliphatic hydroxyl groups is 2. The van der Waals surface area contributed by atoms with E-state index in [0.717, 1.165) is 0 Å². The van der Waals surface area contributed by atoms with E-state index in [-0.39, 0.29) is 30.8 Å². The van der Waals surface area contributed by atoms with Gasteiger partial charge in [-0.1, -0.05) is 12.7 Å². The molecule has 2 aliphatic rings. The molecule has 0 spiro atoms. The molecule has 164 valence electrons. The number of aliphatic hydroxyl groups excluding tert-OH is 2. The molecule has 0 bridgehead atoms. The molecule has 0 saturated carbocycles. The Bertz CT molecular complexity index is 804. The molecule has 2 N–H and O–H groups in total. The Labute approximate surface area is 175 Å². The predicted octanol–water partition coefficient (Wildman–Crippen LogP) is 1.53. The largest absolute Gasteiger partial charge is 0.458 e. The Hall–Kier alpha value is -2.71. The average molecular weight is 420 g/mol. The zero-order chi connectivity index (χ0) is 22.4. The van der Waals surface area contributed by atoms with Crippen molar-refractivity contribution in [2.45, 2.75) is 51.9 Å². The Morgan fingerprint density at radius 2 is 2.00 bits per heavy atom. The van der Waals surface area contributed by atoms with Gasteiger partial charge in [-0.3, -0.25) is 4.79 Å². The average Bonchev–Trinajstić information content (AvgIpc) is 2.95. The molecule has 1 aliphatic carbocycles. The predicted molar refractivity (Wildman–Crippen MR) is 107 cm³/mol. The number of hydrogen-bond donors (Lipinski definition) is 2. The van der Waals surface area contributed by atoms with E-state index in [0.29, 0.717) is 17.6 Å². The van der Waals surface area contributed by atoms with E-state index in [1.54, 1.807) is 19.1 Å². The summed E-state index contributed by atoms with van der Waals surface area (Å²) < 4.78 is 16.5. The minimum atomic E-state index is -0.823. The number of fused-ring (bicyclic) bond motifs is 1. The van der Waals surface area contributed by atoms with Gasteiger partial charge in [0.05, 0.1) is 19.1 Å². The van der Waals surface area contributed by atoms with Crippen molar-refractivity contribution in [3.05, 3.63) is 47.1 Å². The van der Waals surface area contributed by atoms with E-state index in [4.69, 9.17) is 19.3 Å². The number of carbonyl (C=O) groups is 3. The normalized spacial score (nSPS) is 30.9. The van der Waals surface area contributed by atoms with Gasteiger partial charge < -0.3 is 24.4 Å². The highest BCUT2D eigenvalue weighted by Crippen LogP contribution is 2.36. The molecule has 4 atom stereocenters. The smallest absolute Gasteiger partial charge is 0.334 e. The number of rotatable bonds is 5. The topological polar surface area (TPSA) is 119 Å². The van der Waals surface area contributed by atoms with E-state index in [1.807, 2.05) is 0 Å². The Balaban J connectivity index is 2.46. The zero-order valence-electron chi connectivity index (χ0n) is 17.4.